The first kappa shape index (κ1) is 20.7. The van der Waals surface area contributed by atoms with Crippen molar-refractivity contribution in [2.45, 2.75) is 13.3 Å². The van der Waals surface area contributed by atoms with Gasteiger partial charge in [0.15, 0.2) is 0 Å². The first-order chi connectivity index (χ1) is 13.6. The van der Waals surface area contributed by atoms with Gasteiger partial charge in [-0.1, -0.05) is 23.7 Å². The molecule has 0 fully saturated rings. The van der Waals surface area contributed by atoms with Crippen LogP contribution in [0, 0.1) is 5.41 Å². The zero-order valence-corrected chi connectivity index (χ0v) is 15.8. The summed E-state index contributed by atoms with van der Waals surface area (Å²) in [6, 6.07) is 10.7. The van der Waals surface area contributed by atoms with Crippen molar-refractivity contribution in [3.63, 3.8) is 0 Å². The Morgan fingerprint density at radius 3 is 2.38 bits per heavy atom. The molecule has 0 bridgehead atoms. The highest BCUT2D eigenvalue weighted by atomic mass is 35.5. The lowest BCUT2D eigenvalue weighted by Crippen LogP contribution is -2.36. The van der Waals surface area contributed by atoms with Gasteiger partial charge >= 0.3 is 12.4 Å². The highest BCUT2D eigenvalue weighted by Crippen LogP contribution is 2.30. The van der Waals surface area contributed by atoms with Crippen LogP contribution < -0.4 is 10.1 Å². The van der Waals surface area contributed by atoms with E-state index in [4.69, 9.17) is 11.6 Å². The summed E-state index contributed by atoms with van der Waals surface area (Å²) in [4.78, 5) is 24.2. The van der Waals surface area contributed by atoms with Crippen LogP contribution in [0.15, 0.2) is 53.6 Å². The van der Waals surface area contributed by atoms with Crippen LogP contribution in [-0.4, -0.2) is 35.9 Å². The van der Waals surface area contributed by atoms with E-state index in [0.717, 1.165) is 23.4 Å². The maximum atomic E-state index is 12.5. The van der Waals surface area contributed by atoms with Crippen molar-refractivity contribution in [3.05, 3.63) is 59.1 Å². The van der Waals surface area contributed by atoms with E-state index < -0.39 is 23.6 Å². The predicted molar refractivity (Wildman–Crippen MR) is 101 cm³/mol. The third-order valence-electron chi connectivity index (χ3n) is 4.19. The second kappa shape index (κ2) is 7.75. The van der Waals surface area contributed by atoms with Crippen molar-refractivity contribution in [2.75, 3.05) is 11.9 Å². The van der Waals surface area contributed by atoms with Gasteiger partial charge in [0.1, 0.15) is 12.0 Å². The van der Waals surface area contributed by atoms with Gasteiger partial charge in [-0.3, -0.25) is 0 Å². The molecule has 0 saturated carbocycles. The fourth-order valence-electron chi connectivity index (χ4n) is 2.79. The van der Waals surface area contributed by atoms with E-state index in [1.807, 2.05) is 0 Å². The molecule has 6 nitrogen and oxygen atoms in total. The topological polar surface area (TPSA) is 71.0 Å². The normalized spacial score (nSPS) is 18.9. The second-order valence-corrected chi connectivity index (χ2v) is 6.99. The molecule has 2 aromatic carbocycles. The van der Waals surface area contributed by atoms with E-state index in [1.165, 1.54) is 12.1 Å². The molecule has 0 radical (unpaired) electrons. The van der Waals surface area contributed by atoms with Gasteiger partial charge in [0, 0.05) is 10.7 Å². The minimum absolute atomic E-state index is 0.00949. The Morgan fingerprint density at radius 2 is 1.83 bits per heavy atom. The van der Waals surface area contributed by atoms with Gasteiger partial charge in [0.05, 0.1) is 17.7 Å². The lowest BCUT2D eigenvalue weighted by molar-refractivity contribution is -0.274. The number of carbonyl (C=O) groups excluding carboxylic acids is 2. The number of nitrogens with zero attached hydrogens (tertiary/aromatic N) is 2. The number of benzene rings is 2. The van der Waals surface area contributed by atoms with Gasteiger partial charge in [-0.2, -0.15) is 5.10 Å². The summed E-state index contributed by atoms with van der Waals surface area (Å²) in [7, 11) is 0. The number of hydrazone groups is 1. The van der Waals surface area contributed by atoms with Gasteiger partial charge in [0.2, 0.25) is 0 Å². The second-order valence-electron chi connectivity index (χ2n) is 6.55. The Hall–Kier alpha value is -3.07. The van der Waals surface area contributed by atoms with Crippen molar-refractivity contribution in [2.24, 2.45) is 10.5 Å². The number of amides is 2. The number of rotatable bonds is 4. The van der Waals surface area contributed by atoms with Gasteiger partial charge in [0.25, 0.3) is 0 Å². The minimum Gasteiger partial charge on any atom is -0.406 e. The summed E-state index contributed by atoms with van der Waals surface area (Å²) in [5.74, 6) is -0.409. The van der Waals surface area contributed by atoms with Crippen molar-refractivity contribution in [1.82, 2.24) is 5.01 Å². The highest BCUT2D eigenvalue weighted by Gasteiger charge is 2.41. The Balaban J connectivity index is 1.75. The lowest BCUT2D eigenvalue weighted by Gasteiger charge is -2.19. The molecule has 1 N–H and O–H groups in total. The molecule has 2 amide bonds. The molecule has 10 heteroatoms. The number of hydrogen-bond acceptors (Lipinski definition) is 4. The molecule has 1 aliphatic rings. The monoisotopic (exact) mass is 425 g/mol. The third-order valence-corrected chi connectivity index (χ3v) is 4.44. The molecule has 0 aliphatic carbocycles. The predicted octanol–water partition coefficient (Wildman–Crippen LogP) is 4.70. The van der Waals surface area contributed by atoms with E-state index >= 15 is 0 Å². The summed E-state index contributed by atoms with van der Waals surface area (Å²) in [5, 5.41) is 8.40. The average Bonchev–Trinajstić information content (AvgIpc) is 3.01. The van der Waals surface area contributed by atoms with Crippen LogP contribution in [0.1, 0.15) is 12.5 Å². The standard InChI is InChI=1S/C19H15ClF3N3O3/c1-18(11-27)10-26(25-16(18)12-2-4-13(20)5-3-12)17(28)24-14-6-8-15(9-7-14)29-19(21,22)23/h2-9,11H,10H2,1H3,(H,24,28). The number of anilines is 1. The Labute approximate surface area is 168 Å². The molecule has 0 spiro atoms. The van der Waals surface area contributed by atoms with Crippen LogP contribution in [-0.2, 0) is 4.79 Å². The third kappa shape index (κ3) is 4.86. The average molecular weight is 426 g/mol. The fraction of sp³-hybridized carbons (Fsp3) is 0.211. The van der Waals surface area contributed by atoms with E-state index in [1.54, 1.807) is 31.2 Å². The molecule has 0 saturated heterocycles. The number of urea groups is 1. The van der Waals surface area contributed by atoms with E-state index in [0.29, 0.717) is 16.3 Å². The Morgan fingerprint density at radius 1 is 1.21 bits per heavy atom. The fourth-order valence-corrected chi connectivity index (χ4v) is 2.92. The maximum absolute atomic E-state index is 12.5. The van der Waals surface area contributed by atoms with Crippen molar-refractivity contribution < 1.29 is 27.5 Å². The Bertz CT molecular complexity index is 946. The number of nitrogens with one attached hydrogen (secondary N) is 1. The number of ether oxygens (including phenoxy) is 1. The van der Waals surface area contributed by atoms with Crippen molar-refractivity contribution >= 4 is 35.3 Å². The van der Waals surface area contributed by atoms with E-state index in [9.17, 15) is 22.8 Å². The number of halogens is 4. The molecule has 3 rings (SSSR count). The summed E-state index contributed by atoms with van der Waals surface area (Å²) < 4.78 is 40.4. The van der Waals surface area contributed by atoms with Crippen LogP contribution in [0.4, 0.5) is 23.7 Å². The summed E-state index contributed by atoms with van der Waals surface area (Å²) >= 11 is 5.88. The Kier molecular flexibility index (Phi) is 5.52. The molecule has 1 heterocycles. The number of alkyl halides is 3. The summed E-state index contributed by atoms with van der Waals surface area (Å²) in [6.45, 7) is 1.67. The number of hydrogen-bond donors (Lipinski definition) is 1. The highest BCUT2D eigenvalue weighted by molar-refractivity contribution is 6.30. The van der Waals surface area contributed by atoms with Crippen molar-refractivity contribution in [3.8, 4) is 5.75 Å². The number of aldehydes is 1. The molecule has 1 unspecified atom stereocenters. The van der Waals surface area contributed by atoms with Gasteiger partial charge in [-0.15, -0.1) is 13.2 Å². The molecule has 2 aromatic rings. The first-order valence-corrected chi connectivity index (χ1v) is 8.73. The van der Waals surface area contributed by atoms with E-state index in [2.05, 4.69) is 15.2 Å². The summed E-state index contributed by atoms with van der Waals surface area (Å²) in [6.07, 6.45) is -4.08. The van der Waals surface area contributed by atoms with Gasteiger partial charge in [-0.25, -0.2) is 9.80 Å². The largest absolute Gasteiger partial charge is 0.573 e. The first-order valence-electron chi connectivity index (χ1n) is 8.35. The molecular weight excluding hydrogens is 411 g/mol. The van der Waals surface area contributed by atoms with Gasteiger partial charge < -0.3 is 14.8 Å². The zero-order valence-electron chi connectivity index (χ0n) is 15.0. The molecule has 1 atom stereocenters. The van der Waals surface area contributed by atoms with Crippen LogP contribution in [0.5, 0.6) is 5.75 Å². The maximum Gasteiger partial charge on any atom is 0.573 e. The summed E-state index contributed by atoms with van der Waals surface area (Å²) in [5.41, 5.74) is 0.281. The van der Waals surface area contributed by atoms with E-state index in [-0.39, 0.29) is 12.2 Å². The van der Waals surface area contributed by atoms with Gasteiger partial charge in [-0.05, 0) is 48.9 Å². The minimum atomic E-state index is -4.80. The lowest BCUT2D eigenvalue weighted by atomic mass is 9.84. The molecule has 0 aromatic heterocycles. The van der Waals surface area contributed by atoms with Crippen LogP contribution in [0.3, 0.4) is 0 Å². The zero-order chi connectivity index (χ0) is 21.2. The SMILES string of the molecule is CC1(C=O)CN(C(=O)Nc2ccc(OC(F)(F)F)cc2)N=C1c1ccc(Cl)cc1. The molecule has 29 heavy (non-hydrogen) atoms. The van der Waals surface area contributed by atoms with Crippen LogP contribution in [0.2, 0.25) is 5.02 Å². The van der Waals surface area contributed by atoms with Crippen LogP contribution in [0.25, 0.3) is 0 Å². The quantitative estimate of drug-likeness (QED) is 0.722. The molecule has 1 aliphatic heterocycles. The van der Waals surface area contributed by atoms with Crippen molar-refractivity contribution in [1.29, 1.82) is 0 Å². The number of carbonyl (C=O) groups is 2. The molecular formula is C19H15ClF3N3O3. The smallest absolute Gasteiger partial charge is 0.406 e. The molecule has 152 valence electrons. The van der Waals surface area contributed by atoms with Crippen LogP contribution >= 0.6 is 11.6 Å².